The summed E-state index contributed by atoms with van der Waals surface area (Å²) < 4.78 is 2.67. The van der Waals surface area contributed by atoms with Crippen LogP contribution in [-0.2, 0) is 0 Å². The van der Waals surface area contributed by atoms with E-state index in [1.165, 1.54) is 52.5 Å². The summed E-state index contributed by atoms with van der Waals surface area (Å²) >= 11 is 1.88. The zero-order valence-corrected chi connectivity index (χ0v) is 22.8. The normalized spacial score (nSPS) is 11.9. The summed E-state index contributed by atoms with van der Waals surface area (Å²) in [5.41, 5.74) is 5.75. The van der Waals surface area contributed by atoms with E-state index in [0.29, 0.717) is 0 Å². The van der Waals surface area contributed by atoms with Crippen LogP contribution in [0, 0.1) is 0 Å². The molecule has 0 atom stereocenters. The molecule has 0 aliphatic carbocycles. The fraction of sp³-hybridized carbons (Fsp3) is 0. The minimum atomic E-state index is 0.902. The molecule has 190 valence electrons. The third-order valence-electron chi connectivity index (χ3n) is 8.20. The molecule has 41 heavy (non-hydrogen) atoms. The van der Waals surface area contributed by atoms with Gasteiger partial charge >= 0.3 is 0 Å². The van der Waals surface area contributed by atoms with E-state index in [1.807, 2.05) is 41.7 Å². The van der Waals surface area contributed by atoms with Gasteiger partial charge in [-0.2, -0.15) is 0 Å². The molecule has 2 nitrogen and oxygen atoms in total. The molecule has 0 amide bonds. The maximum absolute atomic E-state index is 5.13. The molecule has 0 spiro atoms. The molecule has 0 radical (unpaired) electrons. The summed E-state index contributed by atoms with van der Waals surface area (Å²) in [4.78, 5) is 10.2. The first kappa shape index (κ1) is 22.7. The van der Waals surface area contributed by atoms with Crippen LogP contribution in [0.3, 0.4) is 0 Å². The Morgan fingerprint density at radius 2 is 1.05 bits per heavy atom. The number of thiophene rings is 1. The van der Waals surface area contributed by atoms with Crippen molar-refractivity contribution < 1.29 is 0 Å². The van der Waals surface area contributed by atoms with Gasteiger partial charge in [-0.25, -0.2) is 9.97 Å². The second kappa shape index (κ2) is 8.69. The van der Waals surface area contributed by atoms with Gasteiger partial charge in [0.05, 0.1) is 22.4 Å². The lowest BCUT2D eigenvalue weighted by atomic mass is 9.93. The van der Waals surface area contributed by atoms with E-state index in [9.17, 15) is 0 Å². The first-order chi connectivity index (χ1) is 20.3. The van der Waals surface area contributed by atoms with Gasteiger partial charge in [0, 0.05) is 31.3 Å². The lowest BCUT2D eigenvalue weighted by Gasteiger charge is -2.13. The molecule has 3 heteroatoms. The Bertz CT molecular complexity index is 2470. The Balaban J connectivity index is 1.31. The SMILES string of the molecule is c1ccc(-c2nc3ccccc3nc2-c2ccc3c(ccc4ccc5cc6c(cc5c43)sc3ccccc36)c2)cc1. The van der Waals surface area contributed by atoms with Gasteiger partial charge in [0.15, 0.2) is 0 Å². The van der Waals surface area contributed by atoms with Gasteiger partial charge < -0.3 is 0 Å². The highest BCUT2D eigenvalue weighted by Crippen LogP contribution is 2.41. The van der Waals surface area contributed by atoms with Crippen molar-refractivity contribution >= 4 is 74.9 Å². The molecule has 0 unspecified atom stereocenters. The van der Waals surface area contributed by atoms with Crippen molar-refractivity contribution in [2.24, 2.45) is 0 Å². The van der Waals surface area contributed by atoms with Crippen molar-refractivity contribution in [1.82, 2.24) is 9.97 Å². The predicted octanol–water partition coefficient (Wildman–Crippen LogP) is 10.8. The minimum Gasteiger partial charge on any atom is -0.244 e. The van der Waals surface area contributed by atoms with E-state index >= 15 is 0 Å². The van der Waals surface area contributed by atoms with Crippen LogP contribution in [-0.4, -0.2) is 9.97 Å². The number of aromatic nitrogens is 2. The van der Waals surface area contributed by atoms with Crippen LogP contribution >= 0.6 is 11.3 Å². The fourth-order valence-corrected chi connectivity index (χ4v) is 7.38. The van der Waals surface area contributed by atoms with Gasteiger partial charge in [-0.3, -0.25) is 0 Å². The van der Waals surface area contributed by atoms with Crippen molar-refractivity contribution in [2.45, 2.75) is 0 Å². The van der Waals surface area contributed by atoms with Crippen molar-refractivity contribution in [2.75, 3.05) is 0 Å². The molecule has 0 saturated carbocycles. The van der Waals surface area contributed by atoms with Crippen LogP contribution in [0.2, 0.25) is 0 Å². The fourth-order valence-electron chi connectivity index (χ4n) is 6.25. The van der Waals surface area contributed by atoms with E-state index in [2.05, 4.69) is 103 Å². The average molecular weight is 539 g/mol. The molecule has 0 N–H and O–H groups in total. The zero-order valence-electron chi connectivity index (χ0n) is 22.0. The smallest absolute Gasteiger partial charge is 0.0973 e. The summed E-state index contributed by atoms with van der Waals surface area (Å²) in [7, 11) is 0. The number of benzene rings is 7. The topological polar surface area (TPSA) is 25.8 Å². The molecular weight excluding hydrogens is 516 g/mol. The Hall–Kier alpha value is -5.12. The highest BCUT2D eigenvalue weighted by atomic mass is 32.1. The molecular formula is C38H22N2S. The van der Waals surface area contributed by atoms with Crippen LogP contribution in [0.1, 0.15) is 0 Å². The van der Waals surface area contributed by atoms with E-state index in [-0.39, 0.29) is 0 Å². The summed E-state index contributed by atoms with van der Waals surface area (Å²) in [5.74, 6) is 0. The van der Waals surface area contributed by atoms with Crippen molar-refractivity contribution in [3.8, 4) is 22.5 Å². The first-order valence-electron chi connectivity index (χ1n) is 13.8. The quantitative estimate of drug-likeness (QED) is 0.205. The largest absolute Gasteiger partial charge is 0.244 e. The molecule has 9 rings (SSSR count). The van der Waals surface area contributed by atoms with Gasteiger partial charge in [0.1, 0.15) is 0 Å². The van der Waals surface area contributed by atoms with Crippen LogP contribution in [0.5, 0.6) is 0 Å². The standard InChI is InChI=1S/C38H22N2S/c1-2-8-24(9-3-1)37-38(40-33-12-6-5-11-32(33)39-37)27-18-19-28-25(20-27)16-14-23-15-17-26-21-31-29-10-4-7-13-34(29)41-35(31)22-30(26)36(23)28/h1-22H. The minimum absolute atomic E-state index is 0.902. The van der Waals surface area contributed by atoms with Crippen LogP contribution in [0.15, 0.2) is 133 Å². The maximum atomic E-state index is 5.13. The monoisotopic (exact) mass is 538 g/mol. The Morgan fingerprint density at radius 1 is 0.390 bits per heavy atom. The number of fused-ring (bicyclic) bond motifs is 9. The van der Waals surface area contributed by atoms with E-state index in [0.717, 1.165) is 33.5 Å². The van der Waals surface area contributed by atoms with Crippen molar-refractivity contribution in [1.29, 1.82) is 0 Å². The lowest BCUT2D eigenvalue weighted by molar-refractivity contribution is 1.29. The Morgan fingerprint density at radius 3 is 1.85 bits per heavy atom. The maximum Gasteiger partial charge on any atom is 0.0973 e. The van der Waals surface area contributed by atoms with Crippen molar-refractivity contribution in [3.05, 3.63) is 133 Å². The van der Waals surface area contributed by atoms with E-state index in [1.54, 1.807) is 0 Å². The molecule has 9 aromatic rings. The molecule has 2 aromatic heterocycles. The van der Waals surface area contributed by atoms with Crippen LogP contribution in [0.25, 0.3) is 86.0 Å². The third-order valence-corrected chi connectivity index (χ3v) is 9.34. The Kier molecular flexibility index (Phi) is 4.80. The predicted molar refractivity (Wildman–Crippen MR) is 176 cm³/mol. The molecule has 0 aliphatic rings. The van der Waals surface area contributed by atoms with Crippen LogP contribution in [0.4, 0.5) is 0 Å². The van der Waals surface area contributed by atoms with E-state index < -0.39 is 0 Å². The molecule has 0 saturated heterocycles. The highest BCUT2D eigenvalue weighted by molar-refractivity contribution is 7.25. The van der Waals surface area contributed by atoms with Crippen LogP contribution < -0.4 is 0 Å². The number of hydrogen-bond acceptors (Lipinski definition) is 3. The molecule has 0 fully saturated rings. The lowest BCUT2D eigenvalue weighted by Crippen LogP contribution is -1.95. The highest BCUT2D eigenvalue weighted by Gasteiger charge is 2.15. The number of nitrogens with zero attached hydrogens (tertiary/aromatic N) is 2. The van der Waals surface area contributed by atoms with Gasteiger partial charge in [0.2, 0.25) is 0 Å². The van der Waals surface area contributed by atoms with Gasteiger partial charge in [0.25, 0.3) is 0 Å². The van der Waals surface area contributed by atoms with Crippen molar-refractivity contribution in [3.63, 3.8) is 0 Å². The molecule has 0 bridgehead atoms. The van der Waals surface area contributed by atoms with E-state index in [4.69, 9.17) is 9.97 Å². The van der Waals surface area contributed by atoms with Gasteiger partial charge in [-0.1, -0.05) is 97.1 Å². The van der Waals surface area contributed by atoms with Gasteiger partial charge in [-0.15, -0.1) is 11.3 Å². The second-order valence-electron chi connectivity index (χ2n) is 10.6. The Labute approximate surface area is 240 Å². The number of hydrogen-bond donors (Lipinski definition) is 0. The zero-order chi connectivity index (χ0) is 26.9. The summed E-state index contributed by atoms with van der Waals surface area (Å²) in [6.07, 6.45) is 0. The molecule has 0 aliphatic heterocycles. The third kappa shape index (κ3) is 3.49. The summed E-state index contributed by atoms with van der Waals surface area (Å²) in [6, 6.07) is 47.7. The molecule has 2 heterocycles. The number of rotatable bonds is 2. The summed E-state index contributed by atoms with van der Waals surface area (Å²) in [5, 5.41) is 10.3. The average Bonchev–Trinajstić information content (AvgIpc) is 3.40. The molecule has 7 aromatic carbocycles. The first-order valence-corrected chi connectivity index (χ1v) is 14.6. The second-order valence-corrected chi connectivity index (χ2v) is 11.7. The summed E-state index contributed by atoms with van der Waals surface area (Å²) in [6.45, 7) is 0. The number of para-hydroxylation sites is 2. The van der Waals surface area contributed by atoms with Gasteiger partial charge in [-0.05, 0) is 68.7 Å².